The Balaban J connectivity index is 1.13. The highest BCUT2D eigenvalue weighted by Crippen LogP contribution is 2.46. The Morgan fingerprint density at radius 2 is 1.06 bits per heavy atom. The second kappa shape index (κ2) is 9.88. The third kappa shape index (κ3) is 5.68. The number of ether oxygens (including phenoxy) is 4. The number of hydrogen-bond acceptors (Lipinski definition) is 6. The van der Waals surface area contributed by atoms with Crippen LogP contribution in [0.4, 0.5) is 0 Å². The second-order valence-corrected chi connectivity index (χ2v) is 10.7. The van der Waals surface area contributed by atoms with Crippen LogP contribution in [0.3, 0.4) is 0 Å². The minimum atomic E-state index is -0.117. The van der Waals surface area contributed by atoms with Crippen molar-refractivity contribution in [2.45, 2.75) is 52.7 Å². The average Bonchev–Trinajstić information content (AvgIpc) is 2.80. The molecule has 0 spiro atoms. The molecule has 4 rings (SSSR count). The summed E-state index contributed by atoms with van der Waals surface area (Å²) >= 11 is 0. The Labute approximate surface area is 201 Å². The lowest BCUT2D eigenvalue weighted by molar-refractivity contribution is -0.172. The molecule has 0 aliphatic carbocycles. The van der Waals surface area contributed by atoms with Gasteiger partial charge in [-0.25, -0.2) is 0 Å². The molecule has 6 heteroatoms. The van der Waals surface area contributed by atoms with Crippen molar-refractivity contribution in [1.29, 1.82) is 0 Å². The van der Waals surface area contributed by atoms with E-state index >= 15 is 0 Å². The van der Waals surface area contributed by atoms with Gasteiger partial charge in [0.25, 0.3) is 0 Å². The first-order chi connectivity index (χ1) is 16.1. The summed E-state index contributed by atoms with van der Waals surface area (Å²) in [7, 11) is 0. The first-order valence-corrected chi connectivity index (χ1v) is 11.9. The molecular formula is C28H34O6. The standard InChI is InChI=1S/C28H34O6/c1-27(2)17-33-25(27)19-5-11-23(12-6-19)31-15-21(29)9-10-22(30)16-32-24-13-7-20(8-14-24)26-28(3,4)18-34-26/h5-8,11-14,25-26H,9-10,15-18H2,1-4H3. The summed E-state index contributed by atoms with van der Waals surface area (Å²) in [6.07, 6.45) is 0.464. The van der Waals surface area contributed by atoms with Gasteiger partial charge in [-0.15, -0.1) is 0 Å². The first-order valence-electron chi connectivity index (χ1n) is 11.9. The fourth-order valence-electron chi connectivity index (χ4n) is 4.32. The van der Waals surface area contributed by atoms with Crippen LogP contribution in [0.5, 0.6) is 11.5 Å². The number of Topliss-reactive ketones (excluding diaryl/α,β-unsaturated/α-hetero) is 2. The molecule has 34 heavy (non-hydrogen) atoms. The van der Waals surface area contributed by atoms with Crippen molar-refractivity contribution in [2.75, 3.05) is 26.4 Å². The largest absolute Gasteiger partial charge is 0.486 e. The molecule has 0 aromatic heterocycles. The van der Waals surface area contributed by atoms with Gasteiger partial charge in [0.2, 0.25) is 0 Å². The lowest BCUT2D eigenvalue weighted by Gasteiger charge is -2.44. The molecule has 182 valence electrons. The Hall–Kier alpha value is -2.70. The minimum Gasteiger partial charge on any atom is -0.486 e. The van der Waals surface area contributed by atoms with Crippen LogP contribution >= 0.6 is 0 Å². The predicted molar refractivity (Wildman–Crippen MR) is 128 cm³/mol. The van der Waals surface area contributed by atoms with Gasteiger partial charge in [0.05, 0.1) is 25.4 Å². The quantitative estimate of drug-likeness (QED) is 0.450. The van der Waals surface area contributed by atoms with Gasteiger partial charge in [-0.3, -0.25) is 9.59 Å². The molecule has 2 heterocycles. The van der Waals surface area contributed by atoms with E-state index in [-0.39, 0.29) is 60.7 Å². The monoisotopic (exact) mass is 466 g/mol. The fourth-order valence-corrected chi connectivity index (χ4v) is 4.32. The zero-order valence-corrected chi connectivity index (χ0v) is 20.5. The van der Waals surface area contributed by atoms with Crippen LogP contribution in [0.2, 0.25) is 0 Å². The summed E-state index contributed by atoms with van der Waals surface area (Å²) in [4.78, 5) is 24.3. The van der Waals surface area contributed by atoms with Crippen LogP contribution in [0.15, 0.2) is 48.5 Å². The highest BCUT2D eigenvalue weighted by Gasteiger charge is 2.41. The van der Waals surface area contributed by atoms with Crippen LogP contribution < -0.4 is 9.47 Å². The third-order valence-corrected chi connectivity index (χ3v) is 6.51. The Kier molecular flexibility index (Phi) is 7.10. The summed E-state index contributed by atoms with van der Waals surface area (Å²) in [6.45, 7) is 10.1. The highest BCUT2D eigenvalue weighted by atomic mass is 16.5. The Bertz CT molecular complexity index is 923. The van der Waals surface area contributed by atoms with E-state index in [1.807, 2.05) is 48.5 Å². The lowest BCUT2D eigenvalue weighted by Crippen LogP contribution is -2.40. The second-order valence-electron chi connectivity index (χ2n) is 10.7. The normalized spacial score (nSPS) is 22.2. The fraction of sp³-hybridized carbons (Fsp3) is 0.500. The molecule has 6 nitrogen and oxygen atoms in total. The molecule has 2 atom stereocenters. The van der Waals surface area contributed by atoms with E-state index in [4.69, 9.17) is 18.9 Å². The maximum absolute atomic E-state index is 12.1. The summed E-state index contributed by atoms with van der Waals surface area (Å²) in [6, 6.07) is 15.3. The number of carbonyl (C=O) groups is 2. The van der Waals surface area contributed by atoms with Crippen molar-refractivity contribution in [3.8, 4) is 11.5 Å². The van der Waals surface area contributed by atoms with Crippen molar-refractivity contribution in [1.82, 2.24) is 0 Å². The molecule has 2 aromatic carbocycles. The van der Waals surface area contributed by atoms with E-state index < -0.39 is 0 Å². The number of rotatable bonds is 11. The molecule has 0 N–H and O–H groups in total. The SMILES string of the molecule is CC1(C)COC1c1ccc(OCC(=O)CCC(=O)COc2ccc(C3OCC3(C)C)cc2)cc1. The summed E-state index contributed by atoms with van der Waals surface area (Å²) < 4.78 is 22.5. The highest BCUT2D eigenvalue weighted by molar-refractivity contribution is 5.87. The van der Waals surface area contributed by atoms with Gasteiger partial charge < -0.3 is 18.9 Å². The maximum Gasteiger partial charge on any atom is 0.170 e. The van der Waals surface area contributed by atoms with E-state index in [0.29, 0.717) is 11.5 Å². The molecule has 2 aliphatic heterocycles. The predicted octanol–water partition coefficient (Wildman–Crippen LogP) is 5.26. The number of hydrogen-bond donors (Lipinski definition) is 0. The van der Waals surface area contributed by atoms with E-state index in [0.717, 1.165) is 24.3 Å². The van der Waals surface area contributed by atoms with Gasteiger partial charge in [-0.2, -0.15) is 0 Å². The van der Waals surface area contributed by atoms with E-state index in [1.54, 1.807) is 0 Å². The zero-order valence-electron chi connectivity index (χ0n) is 20.5. The van der Waals surface area contributed by atoms with Crippen molar-refractivity contribution < 1.29 is 28.5 Å². The van der Waals surface area contributed by atoms with Gasteiger partial charge >= 0.3 is 0 Å². The van der Waals surface area contributed by atoms with Crippen molar-refractivity contribution in [3.05, 3.63) is 59.7 Å². The van der Waals surface area contributed by atoms with Gasteiger partial charge in [-0.05, 0) is 35.4 Å². The molecule has 2 aromatic rings. The van der Waals surface area contributed by atoms with Crippen molar-refractivity contribution in [3.63, 3.8) is 0 Å². The van der Waals surface area contributed by atoms with Gasteiger partial charge in [0.15, 0.2) is 11.6 Å². The third-order valence-electron chi connectivity index (χ3n) is 6.51. The molecule has 2 unspecified atom stereocenters. The number of benzene rings is 2. The summed E-state index contributed by atoms with van der Waals surface area (Å²) in [5.41, 5.74) is 2.49. The minimum absolute atomic E-state index is 0.0556. The maximum atomic E-state index is 12.1. The van der Waals surface area contributed by atoms with Crippen molar-refractivity contribution >= 4 is 11.6 Å². The van der Waals surface area contributed by atoms with Gasteiger partial charge in [0.1, 0.15) is 24.7 Å². The molecule has 0 bridgehead atoms. The lowest BCUT2D eigenvalue weighted by atomic mass is 9.79. The molecule has 0 saturated carbocycles. The van der Waals surface area contributed by atoms with Crippen molar-refractivity contribution in [2.24, 2.45) is 10.8 Å². The van der Waals surface area contributed by atoms with Crippen LogP contribution in [-0.2, 0) is 19.1 Å². The number of ketones is 2. The molecule has 2 fully saturated rings. The first kappa shape index (κ1) is 24.4. The van der Waals surface area contributed by atoms with E-state index in [9.17, 15) is 9.59 Å². The Morgan fingerprint density at radius 1 is 0.706 bits per heavy atom. The molecule has 0 amide bonds. The van der Waals surface area contributed by atoms with Crippen LogP contribution in [0, 0.1) is 10.8 Å². The Morgan fingerprint density at radius 3 is 1.32 bits per heavy atom. The molecule has 2 aliphatic rings. The molecule has 0 radical (unpaired) electrons. The molecular weight excluding hydrogens is 432 g/mol. The smallest absolute Gasteiger partial charge is 0.170 e. The van der Waals surface area contributed by atoms with Crippen LogP contribution in [0.1, 0.15) is 63.9 Å². The zero-order chi connectivity index (χ0) is 24.3. The van der Waals surface area contributed by atoms with E-state index in [2.05, 4.69) is 27.7 Å². The van der Waals surface area contributed by atoms with E-state index in [1.165, 1.54) is 0 Å². The van der Waals surface area contributed by atoms with Gasteiger partial charge in [0, 0.05) is 23.7 Å². The van der Waals surface area contributed by atoms with Crippen LogP contribution in [0.25, 0.3) is 0 Å². The number of carbonyl (C=O) groups excluding carboxylic acids is 2. The van der Waals surface area contributed by atoms with Crippen LogP contribution in [-0.4, -0.2) is 38.0 Å². The summed E-state index contributed by atoms with van der Waals surface area (Å²) in [5.74, 6) is 1.02. The molecule has 2 saturated heterocycles. The summed E-state index contributed by atoms with van der Waals surface area (Å²) in [5, 5.41) is 0. The average molecular weight is 467 g/mol. The van der Waals surface area contributed by atoms with Gasteiger partial charge in [-0.1, -0.05) is 52.0 Å². The topological polar surface area (TPSA) is 71.1 Å².